The second-order valence-electron chi connectivity index (χ2n) is 5.00. The molecule has 0 radical (unpaired) electrons. The van der Waals surface area contributed by atoms with Gasteiger partial charge in [-0.15, -0.1) is 0 Å². The predicted molar refractivity (Wildman–Crippen MR) is 86.7 cm³/mol. The molecule has 0 aliphatic heterocycles. The molecule has 0 saturated carbocycles. The number of allylic oxidation sites excluding steroid dienone is 1. The second kappa shape index (κ2) is 5.99. The molecule has 0 atom stereocenters. The van der Waals surface area contributed by atoms with Gasteiger partial charge in [0.05, 0.1) is 5.52 Å². The van der Waals surface area contributed by atoms with Gasteiger partial charge in [0.15, 0.2) is 0 Å². The summed E-state index contributed by atoms with van der Waals surface area (Å²) in [5.41, 5.74) is 3.24. The van der Waals surface area contributed by atoms with Crippen molar-refractivity contribution in [2.75, 3.05) is 0 Å². The van der Waals surface area contributed by atoms with Gasteiger partial charge in [0.25, 0.3) is 0 Å². The average Bonchev–Trinajstić information content (AvgIpc) is 2.97. The van der Waals surface area contributed by atoms with E-state index in [1.54, 1.807) is 6.08 Å². The van der Waals surface area contributed by atoms with E-state index in [-0.39, 0.29) is 5.57 Å². The molecule has 0 spiro atoms. The van der Waals surface area contributed by atoms with E-state index in [1.807, 2.05) is 60.8 Å². The highest BCUT2D eigenvalue weighted by Crippen LogP contribution is 2.23. The fourth-order valence-corrected chi connectivity index (χ4v) is 2.56. The third-order valence-electron chi connectivity index (χ3n) is 3.56. The maximum absolute atomic E-state index is 8.97. The van der Waals surface area contributed by atoms with Crippen molar-refractivity contribution in [3.8, 4) is 12.1 Å². The number of nitriles is 2. The summed E-state index contributed by atoms with van der Waals surface area (Å²) in [5, 5.41) is 19.0. The highest BCUT2D eigenvalue weighted by atomic mass is 15.0. The van der Waals surface area contributed by atoms with Crippen LogP contribution in [0.15, 0.2) is 66.4 Å². The lowest BCUT2D eigenvalue weighted by Crippen LogP contribution is -1.98. The first-order valence-corrected chi connectivity index (χ1v) is 6.95. The van der Waals surface area contributed by atoms with Gasteiger partial charge in [-0.05, 0) is 17.7 Å². The molecule has 0 fully saturated rings. The van der Waals surface area contributed by atoms with Gasteiger partial charge < -0.3 is 4.57 Å². The van der Waals surface area contributed by atoms with Crippen LogP contribution in [0.2, 0.25) is 0 Å². The number of nitrogens with zero attached hydrogens (tertiary/aromatic N) is 3. The normalized spacial score (nSPS) is 9.91. The van der Waals surface area contributed by atoms with Crippen LogP contribution in [0.3, 0.4) is 0 Å². The maximum Gasteiger partial charge on any atom is 0.130 e. The molecule has 3 aromatic rings. The largest absolute Gasteiger partial charge is 0.343 e. The van der Waals surface area contributed by atoms with Crippen molar-refractivity contribution in [2.24, 2.45) is 0 Å². The van der Waals surface area contributed by atoms with Gasteiger partial charge >= 0.3 is 0 Å². The van der Waals surface area contributed by atoms with E-state index >= 15 is 0 Å². The predicted octanol–water partition coefficient (Wildman–Crippen LogP) is 4.12. The smallest absolute Gasteiger partial charge is 0.130 e. The number of rotatable bonds is 3. The highest BCUT2D eigenvalue weighted by Gasteiger charge is 2.06. The fourth-order valence-electron chi connectivity index (χ4n) is 2.56. The molecule has 0 unspecified atom stereocenters. The summed E-state index contributed by atoms with van der Waals surface area (Å²) in [7, 11) is 0. The summed E-state index contributed by atoms with van der Waals surface area (Å²) in [6.45, 7) is 0.754. The molecule has 0 saturated heterocycles. The Morgan fingerprint density at radius 2 is 1.73 bits per heavy atom. The van der Waals surface area contributed by atoms with Crippen molar-refractivity contribution in [3.05, 3.63) is 77.5 Å². The quantitative estimate of drug-likeness (QED) is 0.679. The lowest BCUT2D eigenvalue weighted by Gasteiger charge is -2.08. The lowest BCUT2D eigenvalue weighted by molar-refractivity contribution is 0.836. The molecular formula is C19H13N3. The molecule has 104 valence electrons. The molecular weight excluding hydrogens is 270 g/mol. The van der Waals surface area contributed by atoms with Crippen LogP contribution in [-0.4, -0.2) is 4.57 Å². The Bertz CT molecular complexity index is 903. The summed E-state index contributed by atoms with van der Waals surface area (Å²) in [5.74, 6) is 0. The Hall–Kier alpha value is -3.30. The molecule has 2 aromatic carbocycles. The Kier molecular flexibility index (Phi) is 3.72. The van der Waals surface area contributed by atoms with Gasteiger partial charge in [0.2, 0.25) is 0 Å². The fraction of sp³-hybridized carbons (Fsp3) is 0.0526. The number of hydrogen-bond donors (Lipinski definition) is 0. The third kappa shape index (κ3) is 2.61. The molecule has 1 heterocycles. The summed E-state index contributed by atoms with van der Waals surface area (Å²) in [6, 6.07) is 22.0. The molecule has 0 aliphatic carbocycles. The van der Waals surface area contributed by atoms with Gasteiger partial charge in [-0.3, -0.25) is 0 Å². The Balaban J connectivity index is 2.12. The second-order valence-corrected chi connectivity index (χ2v) is 5.00. The van der Waals surface area contributed by atoms with Crippen LogP contribution in [0.4, 0.5) is 0 Å². The van der Waals surface area contributed by atoms with E-state index in [0.29, 0.717) is 0 Å². The van der Waals surface area contributed by atoms with E-state index in [1.165, 1.54) is 5.56 Å². The van der Waals surface area contributed by atoms with Crippen molar-refractivity contribution < 1.29 is 0 Å². The average molecular weight is 283 g/mol. The van der Waals surface area contributed by atoms with E-state index in [2.05, 4.69) is 16.7 Å². The van der Waals surface area contributed by atoms with Crippen molar-refractivity contribution in [1.82, 2.24) is 4.57 Å². The number of hydrogen-bond acceptors (Lipinski definition) is 2. The van der Waals surface area contributed by atoms with Gasteiger partial charge in [-0.25, -0.2) is 0 Å². The van der Waals surface area contributed by atoms with E-state index in [4.69, 9.17) is 10.5 Å². The van der Waals surface area contributed by atoms with Crippen LogP contribution in [0, 0.1) is 22.7 Å². The van der Waals surface area contributed by atoms with Crippen LogP contribution in [0.25, 0.3) is 17.0 Å². The van der Waals surface area contributed by atoms with Crippen LogP contribution in [0.5, 0.6) is 0 Å². The van der Waals surface area contributed by atoms with Crippen molar-refractivity contribution in [3.63, 3.8) is 0 Å². The molecule has 3 nitrogen and oxygen atoms in total. The van der Waals surface area contributed by atoms with Gasteiger partial charge in [0, 0.05) is 23.7 Å². The van der Waals surface area contributed by atoms with Crippen LogP contribution in [0.1, 0.15) is 11.1 Å². The zero-order valence-electron chi connectivity index (χ0n) is 11.9. The molecule has 3 rings (SSSR count). The SMILES string of the molecule is N#CC(C#N)=Cc1cccc2ccn(Cc3ccccc3)c12. The zero-order chi connectivity index (χ0) is 15.4. The molecule has 3 heteroatoms. The monoisotopic (exact) mass is 283 g/mol. The zero-order valence-corrected chi connectivity index (χ0v) is 11.9. The summed E-state index contributed by atoms with van der Waals surface area (Å²) >= 11 is 0. The number of fused-ring (bicyclic) bond motifs is 1. The topological polar surface area (TPSA) is 52.5 Å². The molecule has 0 aliphatic rings. The van der Waals surface area contributed by atoms with Gasteiger partial charge in [-0.1, -0.05) is 48.5 Å². The maximum atomic E-state index is 8.97. The Labute approximate surface area is 129 Å². The van der Waals surface area contributed by atoms with E-state index in [0.717, 1.165) is 23.0 Å². The molecule has 22 heavy (non-hydrogen) atoms. The minimum absolute atomic E-state index is 0.111. The number of para-hydroxylation sites is 1. The van der Waals surface area contributed by atoms with Crippen molar-refractivity contribution >= 4 is 17.0 Å². The van der Waals surface area contributed by atoms with Gasteiger partial charge in [-0.2, -0.15) is 10.5 Å². The van der Waals surface area contributed by atoms with Gasteiger partial charge in [0.1, 0.15) is 17.7 Å². The minimum atomic E-state index is 0.111. The van der Waals surface area contributed by atoms with E-state index in [9.17, 15) is 0 Å². The Morgan fingerprint density at radius 1 is 0.955 bits per heavy atom. The van der Waals surface area contributed by atoms with Crippen LogP contribution in [-0.2, 0) is 6.54 Å². The van der Waals surface area contributed by atoms with E-state index < -0.39 is 0 Å². The number of benzene rings is 2. The first-order chi connectivity index (χ1) is 10.8. The Morgan fingerprint density at radius 3 is 2.45 bits per heavy atom. The molecule has 0 amide bonds. The molecule has 1 aromatic heterocycles. The molecule has 0 N–H and O–H groups in total. The molecule has 0 bridgehead atoms. The van der Waals surface area contributed by atoms with Crippen LogP contribution >= 0.6 is 0 Å². The summed E-state index contributed by atoms with van der Waals surface area (Å²) in [6.07, 6.45) is 3.68. The van der Waals surface area contributed by atoms with Crippen LogP contribution < -0.4 is 0 Å². The summed E-state index contributed by atoms with van der Waals surface area (Å²) in [4.78, 5) is 0. The van der Waals surface area contributed by atoms with Crippen molar-refractivity contribution in [1.29, 1.82) is 10.5 Å². The first-order valence-electron chi connectivity index (χ1n) is 6.95. The van der Waals surface area contributed by atoms with Crippen molar-refractivity contribution in [2.45, 2.75) is 6.54 Å². The number of aromatic nitrogens is 1. The highest BCUT2D eigenvalue weighted by molar-refractivity contribution is 5.89. The summed E-state index contributed by atoms with van der Waals surface area (Å²) < 4.78 is 2.14. The third-order valence-corrected chi connectivity index (χ3v) is 3.56. The lowest BCUT2D eigenvalue weighted by atomic mass is 10.1. The standard InChI is InChI=1S/C19H13N3/c20-12-16(13-21)11-18-8-4-7-17-9-10-22(19(17)18)14-15-5-2-1-3-6-15/h1-11H,14H2. The first kappa shape index (κ1) is 13.7. The minimum Gasteiger partial charge on any atom is -0.343 e.